The fourth-order valence-corrected chi connectivity index (χ4v) is 3.39. The van der Waals surface area contributed by atoms with Gasteiger partial charge < -0.3 is 4.42 Å². The molecule has 128 valence electrons. The maximum Gasteiger partial charge on any atom is 0.302 e. The molecule has 4 aromatic rings. The van der Waals surface area contributed by atoms with Gasteiger partial charge in [-0.25, -0.2) is 0 Å². The maximum absolute atomic E-state index is 12.3. The lowest BCUT2D eigenvalue weighted by Gasteiger charge is -2.00. The van der Waals surface area contributed by atoms with Crippen molar-refractivity contribution in [3.8, 4) is 22.6 Å². The number of carbonyl (C=O) groups excluding carboxylic acids is 1. The summed E-state index contributed by atoms with van der Waals surface area (Å²) in [6, 6.07) is 23.7. The molecule has 2 aromatic carbocycles. The Bertz CT molecular complexity index is 936. The highest BCUT2D eigenvalue weighted by Crippen LogP contribution is 2.34. The summed E-state index contributed by atoms with van der Waals surface area (Å²) < 4.78 is 5.91. The van der Waals surface area contributed by atoms with Crippen LogP contribution in [-0.4, -0.2) is 10.9 Å². The van der Waals surface area contributed by atoms with E-state index in [1.807, 2.05) is 78.2 Å². The van der Waals surface area contributed by atoms with E-state index in [0.717, 1.165) is 16.0 Å². The van der Waals surface area contributed by atoms with Gasteiger partial charge in [0.2, 0.25) is 5.91 Å². The van der Waals surface area contributed by atoms with E-state index in [0.29, 0.717) is 17.9 Å². The number of anilines is 1. The molecule has 0 radical (unpaired) electrons. The van der Waals surface area contributed by atoms with Crippen molar-refractivity contribution in [1.82, 2.24) is 4.98 Å². The molecule has 2 heterocycles. The first-order chi connectivity index (χ1) is 12.8. The summed E-state index contributed by atoms with van der Waals surface area (Å²) in [4.78, 5) is 17.8. The van der Waals surface area contributed by atoms with Crippen molar-refractivity contribution in [2.45, 2.75) is 6.42 Å². The van der Waals surface area contributed by atoms with Crippen LogP contribution in [0.5, 0.6) is 0 Å². The zero-order valence-corrected chi connectivity index (χ0v) is 14.7. The zero-order valence-electron chi connectivity index (χ0n) is 13.9. The molecule has 0 aliphatic rings. The molecule has 0 saturated heterocycles. The van der Waals surface area contributed by atoms with Crippen LogP contribution in [-0.2, 0) is 11.2 Å². The first-order valence-electron chi connectivity index (χ1n) is 8.23. The third-order valence-electron chi connectivity index (χ3n) is 3.87. The van der Waals surface area contributed by atoms with Crippen LogP contribution in [0.15, 0.2) is 82.6 Å². The van der Waals surface area contributed by atoms with E-state index in [1.165, 1.54) is 0 Å². The van der Waals surface area contributed by atoms with Gasteiger partial charge in [0.15, 0.2) is 5.76 Å². The molecule has 4 rings (SSSR count). The average molecular weight is 360 g/mol. The van der Waals surface area contributed by atoms with Crippen molar-refractivity contribution in [3.05, 3.63) is 83.1 Å². The van der Waals surface area contributed by atoms with Gasteiger partial charge >= 0.3 is 6.01 Å². The third-order valence-corrected chi connectivity index (χ3v) is 4.75. The summed E-state index contributed by atoms with van der Waals surface area (Å²) in [6.07, 6.45) is 0.307. The van der Waals surface area contributed by atoms with Gasteiger partial charge in [0, 0.05) is 16.0 Å². The SMILES string of the molecule is O=C(Cc1cccs1)Nc1nc(-c2ccccc2)c(-c2ccccc2)o1. The topological polar surface area (TPSA) is 55.1 Å². The monoisotopic (exact) mass is 360 g/mol. The molecule has 26 heavy (non-hydrogen) atoms. The Kier molecular flexibility index (Phi) is 4.62. The molecule has 0 spiro atoms. The Morgan fingerprint density at radius 3 is 2.27 bits per heavy atom. The summed E-state index contributed by atoms with van der Waals surface area (Å²) in [5.41, 5.74) is 2.56. The van der Waals surface area contributed by atoms with Crippen LogP contribution in [0.2, 0.25) is 0 Å². The first kappa shape index (κ1) is 16.3. The minimum absolute atomic E-state index is 0.145. The number of nitrogens with zero attached hydrogens (tertiary/aromatic N) is 1. The lowest BCUT2D eigenvalue weighted by molar-refractivity contribution is -0.115. The van der Waals surface area contributed by atoms with Crippen LogP contribution in [0.4, 0.5) is 6.01 Å². The van der Waals surface area contributed by atoms with Crippen LogP contribution in [0.1, 0.15) is 4.88 Å². The molecule has 2 aromatic heterocycles. The number of nitrogens with one attached hydrogen (secondary N) is 1. The number of rotatable bonds is 5. The first-order valence-corrected chi connectivity index (χ1v) is 9.11. The second-order valence-electron chi connectivity index (χ2n) is 5.73. The predicted molar refractivity (Wildman–Crippen MR) is 104 cm³/mol. The summed E-state index contributed by atoms with van der Waals surface area (Å²) >= 11 is 1.55. The van der Waals surface area contributed by atoms with Crippen molar-refractivity contribution in [2.75, 3.05) is 5.32 Å². The van der Waals surface area contributed by atoms with Crippen molar-refractivity contribution in [3.63, 3.8) is 0 Å². The summed E-state index contributed by atoms with van der Waals surface area (Å²) in [7, 11) is 0. The Balaban J connectivity index is 1.66. The molecule has 0 fully saturated rings. The molecule has 0 atom stereocenters. The normalized spacial score (nSPS) is 10.6. The highest BCUT2D eigenvalue weighted by atomic mass is 32.1. The minimum Gasteiger partial charge on any atom is -0.423 e. The number of amides is 1. The second-order valence-corrected chi connectivity index (χ2v) is 6.77. The molecule has 1 amide bonds. The smallest absolute Gasteiger partial charge is 0.302 e. The average Bonchev–Trinajstić information content (AvgIpc) is 3.33. The third kappa shape index (κ3) is 3.58. The largest absolute Gasteiger partial charge is 0.423 e. The Morgan fingerprint density at radius 2 is 1.62 bits per heavy atom. The number of carbonyl (C=O) groups is 1. The minimum atomic E-state index is -0.145. The van der Waals surface area contributed by atoms with Crippen molar-refractivity contribution in [1.29, 1.82) is 0 Å². The van der Waals surface area contributed by atoms with Gasteiger partial charge in [-0.2, -0.15) is 4.98 Å². The van der Waals surface area contributed by atoms with Crippen molar-refractivity contribution < 1.29 is 9.21 Å². The van der Waals surface area contributed by atoms with E-state index in [4.69, 9.17) is 4.42 Å². The molecule has 4 nitrogen and oxygen atoms in total. The fourth-order valence-electron chi connectivity index (χ4n) is 2.69. The van der Waals surface area contributed by atoms with Crippen LogP contribution in [0.3, 0.4) is 0 Å². The van der Waals surface area contributed by atoms with Gasteiger partial charge in [-0.1, -0.05) is 66.7 Å². The van der Waals surface area contributed by atoms with Gasteiger partial charge in [0.1, 0.15) is 5.69 Å². The van der Waals surface area contributed by atoms with Gasteiger partial charge in [-0.05, 0) is 11.4 Å². The number of hydrogen-bond acceptors (Lipinski definition) is 4. The summed E-state index contributed by atoms with van der Waals surface area (Å²) in [6.45, 7) is 0. The predicted octanol–water partition coefficient (Wildman–Crippen LogP) is 5.25. The summed E-state index contributed by atoms with van der Waals surface area (Å²) in [5.74, 6) is 0.496. The van der Waals surface area contributed by atoms with Crippen LogP contribution < -0.4 is 5.32 Å². The molecule has 0 saturated carbocycles. The van der Waals surface area contributed by atoms with Gasteiger partial charge in [0.25, 0.3) is 0 Å². The van der Waals surface area contributed by atoms with E-state index < -0.39 is 0 Å². The van der Waals surface area contributed by atoms with Gasteiger partial charge in [-0.3, -0.25) is 10.1 Å². The maximum atomic E-state index is 12.3. The van der Waals surface area contributed by atoms with E-state index >= 15 is 0 Å². The molecule has 5 heteroatoms. The molecule has 0 unspecified atom stereocenters. The number of thiophene rings is 1. The zero-order chi connectivity index (χ0) is 17.8. The fraction of sp³-hybridized carbons (Fsp3) is 0.0476. The lowest BCUT2D eigenvalue weighted by Crippen LogP contribution is -2.13. The highest BCUT2D eigenvalue weighted by Gasteiger charge is 2.18. The van der Waals surface area contributed by atoms with Crippen LogP contribution >= 0.6 is 11.3 Å². The van der Waals surface area contributed by atoms with Crippen molar-refractivity contribution >= 4 is 23.3 Å². The molecular weight excluding hydrogens is 344 g/mol. The highest BCUT2D eigenvalue weighted by molar-refractivity contribution is 7.10. The number of benzene rings is 2. The van der Waals surface area contributed by atoms with Crippen LogP contribution in [0, 0.1) is 0 Å². The molecular formula is C21H16N2O2S. The van der Waals surface area contributed by atoms with E-state index in [9.17, 15) is 4.79 Å². The second kappa shape index (κ2) is 7.37. The Labute approximate surface area is 155 Å². The van der Waals surface area contributed by atoms with E-state index in [2.05, 4.69) is 10.3 Å². The van der Waals surface area contributed by atoms with E-state index in [1.54, 1.807) is 11.3 Å². The molecule has 0 aliphatic heterocycles. The quantitative estimate of drug-likeness (QED) is 0.529. The number of hydrogen-bond donors (Lipinski definition) is 1. The van der Waals surface area contributed by atoms with Gasteiger partial charge in [-0.15, -0.1) is 11.3 Å². The summed E-state index contributed by atoms with van der Waals surface area (Å²) in [5, 5.41) is 4.72. The van der Waals surface area contributed by atoms with Gasteiger partial charge in [0.05, 0.1) is 6.42 Å². The van der Waals surface area contributed by atoms with Crippen molar-refractivity contribution in [2.24, 2.45) is 0 Å². The Hall–Kier alpha value is -3.18. The van der Waals surface area contributed by atoms with E-state index in [-0.39, 0.29) is 11.9 Å². The Morgan fingerprint density at radius 1 is 0.923 bits per heavy atom. The number of oxazole rings is 1. The van der Waals surface area contributed by atoms with Crippen LogP contribution in [0.25, 0.3) is 22.6 Å². The number of aromatic nitrogens is 1. The molecule has 0 aliphatic carbocycles. The standard InChI is InChI=1S/C21H16N2O2S/c24-18(14-17-12-7-13-26-17)22-21-23-19(15-8-3-1-4-9-15)20(25-21)16-10-5-2-6-11-16/h1-13H,14H2,(H,22,23,24). The molecule has 1 N–H and O–H groups in total. The molecule has 0 bridgehead atoms. The lowest BCUT2D eigenvalue weighted by atomic mass is 10.1.